The standard InChI is InChI=1S/C11H19N3S/c1-8(2)12-6-5-10-13-14-11(15-10)7-9-3-4-9/h8-9,12H,3-7H2,1-2H3. The molecule has 0 unspecified atom stereocenters. The minimum Gasteiger partial charge on any atom is -0.314 e. The van der Waals surface area contributed by atoms with Crippen molar-refractivity contribution < 1.29 is 0 Å². The molecule has 3 nitrogen and oxygen atoms in total. The molecule has 84 valence electrons. The van der Waals surface area contributed by atoms with Gasteiger partial charge in [-0.2, -0.15) is 0 Å². The van der Waals surface area contributed by atoms with Gasteiger partial charge in [-0.3, -0.25) is 0 Å². The summed E-state index contributed by atoms with van der Waals surface area (Å²) in [7, 11) is 0. The molecule has 0 bridgehead atoms. The van der Waals surface area contributed by atoms with Crippen LogP contribution in [0.2, 0.25) is 0 Å². The van der Waals surface area contributed by atoms with Gasteiger partial charge in [0, 0.05) is 25.4 Å². The highest BCUT2D eigenvalue weighted by Gasteiger charge is 2.23. The van der Waals surface area contributed by atoms with Gasteiger partial charge in [0.1, 0.15) is 10.0 Å². The van der Waals surface area contributed by atoms with Crippen molar-refractivity contribution in [3.05, 3.63) is 10.0 Å². The maximum Gasteiger partial charge on any atom is 0.118 e. The minimum atomic E-state index is 0.559. The first-order valence-electron chi connectivity index (χ1n) is 5.78. The van der Waals surface area contributed by atoms with Crippen molar-refractivity contribution in [1.82, 2.24) is 15.5 Å². The zero-order valence-electron chi connectivity index (χ0n) is 9.49. The first kappa shape index (κ1) is 11.0. The molecule has 0 saturated heterocycles. The zero-order chi connectivity index (χ0) is 10.7. The summed E-state index contributed by atoms with van der Waals surface area (Å²) in [5, 5.41) is 14.3. The fraction of sp³-hybridized carbons (Fsp3) is 0.818. The van der Waals surface area contributed by atoms with E-state index in [1.54, 1.807) is 11.3 Å². The average Bonchev–Trinajstić information content (AvgIpc) is 2.86. The number of rotatable bonds is 6. The Kier molecular flexibility index (Phi) is 3.70. The normalized spacial score (nSPS) is 16.2. The van der Waals surface area contributed by atoms with E-state index in [0.717, 1.165) is 25.3 Å². The predicted molar refractivity (Wildman–Crippen MR) is 63.2 cm³/mol. The number of aromatic nitrogens is 2. The molecule has 1 aliphatic rings. The number of hydrogen-bond acceptors (Lipinski definition) is 4. The van der Waals surface area contributed by atoms with Gasteiger partial charge < -0.3 is 5.32 Å². The lowest BCUT2D eigenvalue weighted by Gasteiger charge is -2.04. The fourth-order valence-electron chi connectivity index (χ4n) is 1.51. The molecule has 1 heterocycles. The highest BCUT2D eigenvalue weighted by atomic mass is 32.1. The topological polar surface area (TPSA) is 37.8 Å². The maximum atomic E-state index is 4.23. The SMILES string of the molecule is CC(C)NCCc1nnc(CC2CC2)s1. The van der Waals surface area contributed by atoms with Crippen LogP contribution in [0.4, 0.5) is 0 Å². The van der Waals surface area contributed by atoms with Crippen LogP contribution in [0, 0.1) is 5.92 Å². The lowest BCUT2D eigenvalue weighted by Crippen LogP contribution is -2.24. The molecule has 0 spiro atoms. The van der Waals surface area contributed by atoms with Crippen LogP contribution in [0.3, 0.4) is 0 Å². The van der Waals surface area contributed by atoms with E-state index in [9.17, 15) is 0 Å². The van der Waals surface area contributed by atoms with Crippen LogP contribution in [-0.2, 0) is 12.8 Å². The molecule has 15 heavy (non-hydrogen) atoms. The van der Waals surface area contributed by atoms with E-state index in [4.69, 9.17) is 0 Å². The zero-order valence-corrected chi connectivity index (χ0v) is 10.3. The predicted octanol–water partition coefficient (Wildman–Crippen LogP) is 2.03. The Morgan fingerprint density at radius 1 is 1.33 bits per heavy atom. The summed E-state index contributed by atoms with van der Waals surface area (Å²) in [5.74, 6) is 0.916. The summed E-state index contributed by atoms with van der Waals surface area (Å²) in [6, 6.07) is 0.559. The second-order valence-corrected chi connectivity index (χ2v) is 5.74. The van der Waals surface area contributed by atoms with Gasteiger partial charge in [-0.15, -0.1) is 21.5 Å². The third-order valence-corrected chi connectivity index (χ3v) is 3.57. The van der Waals surface area contributed by atoms with Crippen LogP contribution in [0.15, 0.2) is 0 Å². The van der Waals surface area contributed by atoms with Gasteiger partial charge in [0.25, 0.3) is 0 Å². The number of hydrogen-bond donors (Lipinski definition) is 1. The molecule has 1 aromatic heterocycles. The quantitative estimate of drug-likeness (QED) is 0.805. The smallest absolute Gasteiger partial charge is 0.118 e. The highest BCUT2D eigenvalue weighted by Crippen LogP contribution is 2.33. The van der Waals surface area contributed by atoms with Crippen molar-refractivity contribution in [1.29, 1.82) is 0 Å². The second kappa shape index (κ2) is 5.03. The Hall–Kier alpha value is -0.480. The number of nitrogens with one attached hydrogen (secondary N) is 1. The molecule has 0 radical (unpaired) electrons. The van der Waals surface area contributed by atoms with E-state index >= 15 is 0 Å². The molecule has 1 fully saturated rings. The summed E-state index contributed by atoms with van der Waals surface area (Å²) < 4.78 is 0. The van der Waals surface area contributed by atoms with Crippen molar-refractivity contribution in [2.75, 3.05) is 6.54 Å². The average molecular weight is 225 g/mol. The lowest BCUT2D eigenvalue weighted by atomic mass is 10.3. The van der Waals surface area contributed by atoms with E-state index in [-0.39, 0.29) is 0 Å². The first-order valence-corrected chi connectivity index (χ1v) is 6.60. The molecule has 1 N–H and O–H groups in total. The van der Waals surface area contributed by atoms with Gasteiger partial charge in [0.05, 0.1) is 0 Å². The Balaban J connectivity index is 1.73. The Morgan fingerprint density at radius 2 is 2.07 bits per heavy atom. The van der Waals surface area contributed by atoms with Crippen molar-refractivity contribution >= 4 is 11.3 Å². The maximum absolute atomic E-state index is 4.23. The van der Waals surface area contributed by atoms with Gasteiger partial charge >= 0.3 is 0 Å². The van der Waals surface area contributed by atoms with Gasteiger partial charge in [-0.1, -0.05) is 13.8 Å². The van der Waals surface area contributed by atoms with E-state index in [1.165, 1.54) is 22.9 Å². The van der Waals surface area contributed by atoms with E-state index in [2.05, 4.69) is 29.4 Å². The van der Waals surface area contributed by atoms with Crippen LogP contribution in [-0.4, -0.2) is 22.8 Å². The molecule has 4 heteroatoms. The summed E-state index contributed by atoms with van der Waals surface area (Å²) >= 11 is 1.79. The Bertz CT molecular complexity index is 305. The van der Waals surface area contributed by atoms with Crippen molar-refractivity contribution in [2.45, 2.75) is 45.6 Å². The molecule has 1 saturated carbocycles. The second-order valence-electron chi connectivity index (χ2n) is 4.60. The van der Waals surface area contributed by atoms with Crippen molar-refractivity contribution in [3.8, 4) is 0 Å². The van der Waals surface area contributed by atoms with Crippen LogP contribution in [0.5, 0.6) is 0 Å². The molecule has 1 aliphatic carbocycles. The molecule has 2 rings (SSSR count). The van der Waals surface area contributed by atoms with E-state index in [1.807, 2.05) is 0 Å². The molecular formula is C11H19N3S. The van der Waals surface area contributed by atoms with Crippen LogP contribution < -0.4 is 5.32 Å². The Morgan fingerprint density at radius 3 is 2.73 bits per heavy atom. The van der Waals surface area contributed by atoms with Gasteiger partial charge in [-0.25, -0.2) is 0 Å². The van der Waals surface area contributed by atoms with Crippen LogP contribution in [0.1, 0.15) is 36.7 Å². The van der Waals surface area contributed by atoms with Crippen molar-refractivity contribution in [3.63, 3.8) is 0 Å². The molecule has 0 atom stereocenters. The summed E-state index contributed by atoms with van der Waals surface area (Å²) in [6.07, 6.45) is 4.96. The highest BCUT2D eigenvalue weighted by molar-refractivity contribution is 7.11. The third kappa shape index (κ3) is 3.87. The van der Waals surface area contributed by atoms with Gasteiger partial charge in [-0.05, 0) is 18.8 Å². The van der Waals surface area contributed by atoms with Crippen LogP contribution in [0.25, 0.3) is 0 Å². The minimum absolute atomic E-state index is 0.559. The van der Waals surface area contributed by atoms with E-state index in [0.29, 0.717) is 6.04 Å². The molecule has 1 aromatic rings. The summed E-state index contributed by atoms with van der Waals surface area (Å²) in [5.41, 5.74) is 0. The fourth-order valence-corrected chi connectivity index (χ4v) is 2.47. The first-order chi connectivity index (χ1) is 7.24. The largest absolute Gasteiger partial charge is 0.314 e. The van der Waals surface area contributed by atoms with E-state index < -0.39 is 0 Å². The summed E-state index contributed by atoms with van der Waals surface area (Å²) in [6.45, 7) is 5.34. The third-order valence-electron chi connectivity index (χ3n) is 2.56. The van der Waals surface area contributed by atoms with Gasteiger partial charge in [0.15, 0.2) is 0 Å². The molecule has 0 amide bonds. The van der Waals surface area contributed by atoms with Crippen molar-refractivity contribution in [2.24, 2.45) is 5.92 Å². The lowest BCUT2D eigenvalue weighted by molar-refractivity contribution is 0.588. The molecule has 0 aliphatic heterocycles. The van der Waals surface area contributed by atoms with Gasteiger partial charge in [0.2, 0.25) is 0 Å². The Labute approximate surface area is 95.3 Å². The number of nitrogens with zero attached hydrogens (tertiary/aromatic N) is 2. The molecule has 0 aromatic carbocycles. The van der Waals surface area contributed by atoms with Crippen LogP contribution >= 0.6 is 11.3 Å². The molecular weight excluding hydrogens is 206 g/mol. The summed E-state index contributed by atoms with van der Waals surface area (Å²) in [4.78, 5) is 0. The monoisotopic (exact) mass is 225 g/mol.